The predicted molar refractivity (Wildman–Crippen MR) is 75.3 cm³/mol. The minimum Gasteiger partial charge on any atom is -0.481 e. The highest BCUT2D eigenvalue weighted by molar-refractivity contribution is 5.81. The second-order valence-corrected chi connectivity index (χ2v) is 6.60. The normalized spacial score (nSPS) is 24.4. The molecule has 0 aromatic carbocycles. The molecule has 0 bridgehead atoms. The zero-order valence-electron chi connectivity index (χ0n) is 12.6. The fourth-order valence-corrected chi connectivity index (χ4v) is 2.53. The van der Waals surface area contributed by atoms with E-state index >= 15 is 0 Å². The van der Waals surface area contributed by atoms with E-state index in [2.05, 4.69) is 5.32 Å². The number of aliphatic carboxylic acids is 1. The van der Waals surface area contributed by atoms with Crippen molar-refractivity contribution in [3.63, 3.8) is 0 Å². The molecule has 1 aliphatic heterocycles. The summed E-state index contributed by atoms with van der Waals surface area (Å²) in [6.07, 6.45) is 0.778. The molecule has 6 heteroatoms. The summed E-state index contributed by atoms with van der Waals surface area (Å²) in [6, 6.07) is -0.0497. The van der Waals surface area contributed by atoms with Crippen LogP contribution in [0.15, 0.2) is 0 Å². The summed E-state index contributed by atoms with van der Waals surface area (Å²) in [7, 11) is 0. The summed E-state index contributed by atoms with van der Waals surface area (Å²) in [5, 5.41) is 21.0. The van der Waals surface area contributed by atoms with Gasteiger partial charge in [0.15, 0.2) is 0 Å². The number of aliphatic hydroxyl groups is 1. The number of hydrogen-bond acceptors (Lipinski definition) is 4. The zero-order chi connectivity index (χ0) is 15.3. The lowest BCUT2D eigenvalue weighted by atomic mass is 9.89. The SMILES string of the molecule is CC(C)(C)C(=O)NC1CC(CC(=O)O)CN(CCO)C1. The molecule has 1 heterocycles. The van der Waals surface area contributed by atoms with E-state index in [1.165, 1.54) is 0 Å². The number of likely N-dealkylation sites (tertiary alicyclic amines) is 1. The van der Waals surface area contributed by atoms with Crippen LogP contribution in [0.4, 0.5) is 0 Å². The van der Waals surface area contributed by atoms with Crippen LogP contribution in [-0.4, -0.2) is 59.3 Å². The monoisotopic (exact) mass is 286 g/mol. The first-order chi connectivity index (χ1) is 9.22. The third kappa shape index (κ3) is 5.46. The topological polar surface area (TPSA) is 89.9 Å². The number of carbonyl (C=O) groups excluding carboxylic acids is 1. The molecular formula is C14H26N2O4. The summed E-state index contributed by atoms with van der Waals surface area (Å²) in [4.78, 5) is 24.9. The average Bonchev–Trinajstić information content (AvgIpc) is 2.26. The standard InChI is InChI=1S/C14H26N2O4/c1-14(2,3)13(20)15-11-6-10(7-12(18)19)8-16(9-11)4-5-17/h10-11,17H,4-9H2,1-3H3,(H,15,20)(H,18,19). The molecule has 1 fully saturated rings. The molecule has 1 saturated heterocycles. The number of carboxylic acids is 1. The van der Waals surface area contributed by atoms with Gasteiger partial charge in [0.25, 0.3) is 0 Å². The number of rotatable bonds is 5. The first kappa shape index (κ1) is 16.9. The molecule has 116 valence electrons. The number of nitrogens with zero attached hydrogens (tertiary/aromatic N) is 1. The van der Waals surface area contributed by atoms with Crippen LogP contribution >= 0.6 is 0 Å². The van der Waals surface area contributed by atoms with Gasteiger partial charge in [-0.25, -0.2) is 0 Å². The van der Waals surface area contributed by atoms with E-state index in [0.29, 0.717) is 26.1 Å². The van der Waals surface area contributed by atoms with Crippen molar-refractivity contribution in [3.8, 4) is 0 Å². The van der Waals surface area contributed by atoms with Crippen LogP contribution in [-0.2, 0) is 9.59 Å². The van der Waals surface area contributed by atoms with Crippen LogP contribution in [0, 0.1) is 11.3 Å². The van der Waals surface area contributed by atoms with Gasteiger partial charge in [-0.15, -0.1) is 0 Å². The summed E-state index contributed by atoms with van der Waals surface area (Å²) in [5.74, 6) is -0.831. The van der Waals surface area contributed by atoms with Gasteiger partial charge in [0.1, 0.15) is 0 Å². The Bertz CT molecular complexity index is 352. The van der Waals surface area contributed by atoms with E-state index in [9.17, 15) is 9.59 Å². The minimum absolute atomic E-state index is 0.0121. The van der Waals surface area contributed by atoms with E-state index in [-0.39, 0.29) is 30.9 Å². The molecule has 0 radical (unpaired) electrons. The second-order valence-electron chi connectivity index (χ2n) is 6.60. The zero-order valence-corrected chi connectivity index (χ0v) is 12.6. The van der Waals surface area contributed by atoms with Gasteiger partial charge in [-0.05, 0) is 12.3 Å². The first-order valence-electron chi connectivity index (χ1n) is 7.08. The van der Waals surface area contributed by atoms with Gasteiger partial charge in [0, 0.05) is 37.5 Å². The number of hydrogen-bond donors (Lipinski definition) is 3. The van der Waals surface area contributed by atoms with Crippen LogP contribution in [0.1, 0.15) is 33.6 Å². The highest BCUT2D eigenvalue weighted by atomic mass is 16.4. The summed E-state index contributed by atoms with van der Waals surface area (Å²) < 4.78 is 0. The number of amides is 1. The molecule has 2 unspecified atom stereocenters. The number of aliphatic hydroxyl groups excluding tert-OH is 1. The maximum absolute atomic E-state index is 12.0. The Hall–Kier alpha value is -1.14. The van der Waals surface area contributed by atoms with Crippen molar-refractivity contribution in [2.24, 2.45) is 11.3 Å². The van der Waals surface area contributed by atoms with Crippen molar-refractivity contribution in [3.05, 3.63) is 0 Å². The molecule has 2 atom stereocenters. The lowest BCUT2D eigenvalue weighted by molar-refractivity contribution is -0.138. The maximum Gasteiger partial charge on any atom is 0.303 e. The summed E-state index contributed by atoms with van der Waals surface area (Å²) >= 11 is 0. The molecule has 0 spiro atoms. The van der Waals surface area contributed by atoms with E-state index in [1.54, 1.807) is 0 Å². The van der Waals surface area contributed by atoms with Crippen molar-refractivity contribution < 1.29 is 19.8 Å². The third-order valence-electron chi connectivity index (χ3n) is 3.51. The fourth-order valence-electron chi connectivity index (χ4n) is 2.53. The Kier molecular flexibility index (Phi) is 5.95. The van der Waals surface area contributed by atoms with Gasteiger partial charge < -0.3 is 15.5 Å². The molecule has 0 aliphatic carbocycles. The lowest BCUT2D eigenvalue weighted by Crippen LogP contribution is -2.53. The van der Waals surface area contributed by atoms with E-state index in [4.69, 9.17) is 10.2 Å². The number of piperidine rings is 1. The first-order valence-corrected chi connectivity index (χ1v) is 7.08. The van der Waals surface area contributed by atoms with Crippen molar-refractivity contribution in [1.82, 2.24) is 10.2 Å². The van der Waals surface area contributed by atoms with Gasteiger partial charge in [0.2, 0.25) is 5.91 Å². The quantitative estimate of drug-likeness (QED) is 0.676. The van der Waals surface area contributed by atoms with Gasteiger partial charge in [-0.1, -0.05) is 20.8 Å². The van der Waals surface area contributed by atoms with Crippen LogP contribution in [0.3, 0.4) is 0 Å². The average molecular weight is 286 g/mol. The van der Waals surface area contributed by atoms with Gasteiger partial charge >= 0.3 is 5.97 Å². The Balaban J connectivity index is 2.64. The summed E-state index contributed by atoms with van der Waals surface area (Å²) in [6.45, 7) is 7.44. The van der Waals surface area contributed by atoms with E-state index in [1.807, 2.05) is 25.7 Å². The Morgan fingerprint density at radius 3 is 2.45 bits per heavy atom. The van der Waals surface area contributed by atoms with Gasteiger partial charge in [0.05, 0.1) is 6.61 Å². The number of carboxylic acid groups (broad SMARTS) is 1. The minimum atomic E-state index is -0.818. The van der Waals surface area contributed by atoms with E-state index in [0.717, 1.165) is 0 Å². The molecular weight excluding hydrogens is 260 g/mol. The molecule has 20 heavy (non-hydrogen) atoms. The Morgan fingerprint density at radius 2 is 1.95 bits per heavy atom. The highest BCUT2D eigenvalue weighted by Crippen LogP contribution is 2.21. The highest BCUT2D eigenvalue weighted by Gasteiger charge is 2.31. The van der Waals surface area contributed by atoms with E-state index < -0.39 is 11.4 Å². The molecule has 1 rings (SSSR count). The Morgan fingerprint density at radius 1 is 1.30 bits per heavy atom. The Labute approximate surface area is 120 Å². The van der Waals surface area contributed by atoms with Crippen LogP contribution in [0.2, 0.25) is 0 Å². The molecule has 0 aromatic heterocycles. The van der Waals surface area contributed by atoms with Gasteiger partial charge in [-0.3, -0.25) is 14.5 Å². The lowest BCUT2D eigenvalue weighted by Gasteiger charge is -2.38. The van der Waals surface area contributed by atoms with Crippen molar-refractivity contribution in [1.29, 1.82) is 0 Å². The third-order valence-corrected chi connectivity index (χ3v) is 3.51. The predicted octanol–water partition coefficient (Wildman–Crippen LogP) is 0.306. The van der Waals surface area contributed by atoms with Crippen molar-refractivity contribution in [2.45, 2.75) is 39.7 Å². The molecule has 3 N–H and O–H groups in total. The van der Waals surface area contributed by atoms with Crippen LogP contribution < -0.4 is 5.32 Å². The molecule has 1 amide bonds. The number of carbonyl (C=O) groups is 2. The molecule has 0 aromatic rings. The van der Waals surface area contributed by atoms with Crippen LogP contribution in [0.25, 0.3) is 0 Å². The maximum atomic E-state index is 12.0. The molecule has 1 aliphatic rings. The number of nitrogens with one attached hydrogen (secondary N) is 1. The van der Waals surface area contributed by atoms with Crippen LogP contribution in [0.5, 0.6) is 0 Å². The van der Waals surface area contributed by atoms with Crippen molar-refractivity contribution >= 4 is 11.9 Å². The smallest absolute Gasteiger partial charge is 0.303 e. The second kappa shape index (κ2) is 7.04. The molecule has 0 saturated carbocycles. The fraction of sp³-hybridized carbons (Fsp3) is 0.857. The molecule has 6 nitrogen and oxygen atoms in total. The van der Waals surface area contributed by atoms with Gasteiger partial charge in [-0.2, -0.15) is 0 Å². The van der Waals surface area contributed by atoms with Crippen molar-refractivity contribution in [2.75, 3.05) is 26.2 Å². The summed E-state index contributed by atoms with van der Waals surface area (Å²) in [5.41, 5.74) is -0.457. The largest absolute Gasteiger partial charge is 0.481 e. The number of β-amino-alcohol motifs (C(OH)–C–C–N with tert-alkyl or cyclic N) is 1.